The van der Waals surface area contributed by atoms with Crippen LogP contribution in [0.1, 0.15) is 18.7 Å². The minimum atomic E-state index is -1.62. The molecule has 0 radical (unpaired) electrons. The summed E-state index contributed by atoms with van der Waals surface area (Å²) < 4.78 is 12.4. The number of aliphatic hydroxyl groups excluding tert-OH is 2. The number of ether oxygens (including phenoxy) is 2. The van der Waals surface area contributed by atoms with Crippen molar-refractivity contribution in [1.82, 2.24) is 19.5 Å². The third kappa shape index (κ3) is 3.40. The van der Waals surface area contributed by atoms with Crippen molar-refractivity contribution < 1.29 is 24.8 Å². The summed E-state index contributed by atoms with van der Waals surface area (Å²) in [6.07, 6.45) is -0.247. The van der Waals surface area contributed by atoms with Gasteiger partial charge in [0.1, 0.15) is 29.9 Å². The molecule has 0 bridgehead atoms. The first-order valence-electron chi connectivity index (χ1n) is 9.16. The number of nitrogens with zero attached hydrogens (tertiary/aromatic N) is 4. The number of nitrogens with one attached hydrogen (secondary N) is 1. The van der Waals surface area contributed by atoms with Crippen LogP contribution in [0.25, 0.3) is 11.2 Å². The lowest BCUT2D eigenvalue weighted by Crippen LogP contribution is -2.44. The third-order valence-corrected chi connectivity index (χ3v) is 5.14. The average Bonchev–Trinajstić information content (AvgIpc) is 3.25. The van der Waals surface area contributed by atoms with E-state index in [0.29, 0.717) is 23.5 Å². The zero-order chi connectivity index (χ0) is 20.6. The van der Waals surface area contributed by atoms with Gasteiger partial charge in [0.15, 0.2) is 23.2 Å². The van der Waals surface area contributed by atoms with E-state index in [4.69, 9.17) is 9.47 Å². The molecule has 2 aromatic heterocycles. The summed E-state index contributed by atoms with van der Waals surface area (Å²) in [5.41, 5.74) is 0.313. The van der Waals surface area contributed by atoms with Gasteiger partial charge < -0.3 is 30.1 Å². The quantitative estimate of drug-likeness (QED) is 0.464. The number of anilines is 1. The Morgan fingerprint density at radius 1 is 1.31 bits per heavy atom. The highest BCUT2D eigenvalue weighted by atomic mass is 16.6. The molecule has 4 rings (SSSR count). The number of hydrogen-bond donors (Lipinski definition) is 4. The second kappa shape index (κ2) is 7.56. The number of fused-ring (bicyclic) bond motifs is 1. The molecule has 1 saturated heterocycles. The molecule has 4 atom stereocenters. The molecular weight excluding hydrogens is 378 g/mol. The van der Waals surface area contributed by atoms with Crippen LogP contribution in [0, 0.1) is 0 Å². The van der Waals surface area contributed by atoms with Crippen molar-refractivity contribution in [3.63, 3.8) is 0 Å². The summed E-state index contributed by atoms with van der Waals surface area (Å²) in [4.78, 5) is 12.9. The number of benzene rings is 1. The van der Waals surface area contributed by atoms with Gasteiger partial charge in [-0.25, -0.2) is 15.0 Å². The fourth-order valence-corrected chi connectivity index (χ4v) is 3.51. The second-order valence-electron chi connectivity index (χ2n) is 7.13. The average molecular weight is 401 g/mol. The molecule has 10 heteroatoms. The zero-order valence-corrected chi connectivity index (χ0v) is 16.1. The molecule has 10 nitrogen and oxygen atoms in total. The van der Waals surface area contributed by atoms with Gasteiger partial charge in [-0.15, -0.1) is 0 Å². The van der Waals surface area contributed by atoms with E-state index in [0.717, 1.165) is 11.3 Å². The van der Waals surface area contributed by atoms with Gasteiger partial charge in [-0.05, 0) is 24.6 Å². The highest BCUT2D eigenvalue weighted by Crippen LogP contribution is 2.39. The normalized spacial score (nSPS) is 26.7. The molecule has 0 unspecified atom stereocenters. The molecule has 1 aliphatic rings. The molecule has 154 valence electrons. The molecule has 1 aromatic carbocycles. The highest BCUT2D eigenvalue weighted by Gasteiger charge is 2.53. The van der Waals surface area contributed by atoms with Crippen LogP contribution in [0.2, 0.25) is 0 Å². The van der Waals surface area contributed by atoms with Crippen molar-refractivity contribution in [1.29, 1.82) is 0 Å². The zero-order valence-electron chi connectivity index (χ0n) is 16.1. The maximum atomic E-state index is 10.7. The van der Waals surface area contributed by atoms with Crippen molar-refractivity contribution in [2.45, 2.75) is 37.5 Å². The van der Waals surface area contributed by atoms with E-state index in [2.05, 4.69) is 20.3 Å². The van der Waals surface area contributed by atoms with Crippen LogP contribution >= 0.6 is 0 Å². The first kappa shape index (κ1) is 19.5. The van der Waals surface area contributed by atoms with Crippen molar-refractivity contribution in [2.24, 2.45) is 0 Å². The van der Waals surface area contributed by atoms with Gasteiger partial charge in [-0.1, -0.05) is 12.1 Å². The predicted octanol–water partition coefficient (Wildman–Crippen LogP) is 0.449. The fraction of sp³-hybridized carbons (Fsp3) is 0.421. The first-order chi connectivity index (χ1) is 14.0. The Morgan fingerprint density at radius 2 is 2.14 bits per heavy atom. The van der Waals surface area contributed by atoms with Crippen LogP contribution in [-0.4, -0.2) is 66.4 Å². The molecule has 0 saturated carbocycles. The Labute approximate surface area is 166 Å². The molecule has 3 heterocycles. The fourth-order valence-electron chi connectivity index (χ4n) is 3.51. The van der Waals surface area contributed by atoms with Gasteiger partial charge in [-0.2, -0.15) is 0 Å². The lowest BCUT2D eigenvalue weighted by molar-refractivity contribution is -0.0950. The SMILES string of the molecule is COc1cccc(CNc2ncnc3c2ncn3[C@@H]2O[C@H](CO)[C@@H](O)[C@@]2(C)O)c1. The van der Waals surface area contributed by atoms with Crippen LogP contribution in [0.3, 0.4) is 0 Å². The Bertz CT molecular complexity index is 1010. The molecule has 1 fully saturated rings. The summed E-state index contributed by atoms with van der Waals surface area (Å²) in [5, 5.41) is 33.6. The molecule has 0 spiro atoms. The number of aromatic nitrogens is 4. The van der Waals surface area contributed by atoms with E-state index in [1.807, 2.05) is 24.3 Å². The second-order valence-corrected chi connectivity index (χ2v) is 7.13. The van der Waals surface area contributed by atoms with Crippen molar-refractivity contribution >= 4 is 17.0 Å². The van der Waals surface area contributed by atoms with Gasteiger partial charge in [0.05, 0.1) is 20.0 Å². The Balaban J connectivity index is 1.62. The highest BCUT2D eigenvalue weighted by molar-refractivity contribution is 5.82. The standard InChI is InChI=1S/C19H23N5O5/c1-19(27)15(26)13(8-25)29-18(19)24-10-23-14-16(21-9-22-17(14)24)20-7-11-4-3-5-12(6-11)28-2/h3-6,9-10,13,15,18,25-27H,7-8H2,1-2H3,(H,20,21,22)/t13-,15-,18-,19-/m1/s1. The lowest BCUT2D eigenvalue weighted by Gasteiger charge is -2.27. The molecule has 1 aliphatic heterocycles. The molecule has 29 heavy (non-hydrogen) atoms. The number of hydrogen-bond acceptors (Lipinski definition) is 9. The number of rotatable bonds is 6. The molecule has 0 amide bonds. The van der Waals surface area contributed by atoms with Crippen LogP contribution in [0.4, 0.5) is 5.82 Å². The van der Waals surface area contributed by atoms with Crippen molar-refractivity contribution in [3.05, 3.63) is 42.5 Å². The van der Waals surface area contributed by atoms with Crippen LogP contribution in [0.5, 0.6) is 5.75 Å². The summed E-state index contributed by atoms with van der Waals surface area (Å²) in [6, 6.07) is 7.66. The maximum Gasteiger partial charge on any atom is 0.168 e. The monoisotopic (exact) mass is 401 g/mol. The topological polar surface area (TPSA) is 135 Å². The van der Waals surface area contributed by atoms with E-state index in [1.54, 1.807) is 7.11 Å². The van der Waals surface area contributed by atoms with E-state index in [1.165, 1.54) is 24.1 Å². The Kier molecular flexibility index (Phi) is 5.09. The van der Waals surface area contributed by atoms with Gasteiger partial charge in [0, 0.05) is 6.54 Å². The Morgan fingerprint density at radius 3 is 2.86 bits per heavy atom. The smallest absolute Gasteiger partial charge is 0.168 e. The van der Waals surface area contributed by atoms with Gasteiger partial charge in [-0.3, -0.25) is 4.57 Å². The van der Waals surface area contributed by atoms with Crippen LogP contribution in [0.15, 0.2) is 36.9 Å². The van der Waals surface area contributed by atoms with Crippen LogP contribution in [-0.2, 0) is 11.3 Å². The van der Waals surface area contributed by atoms with Gasteiger partial charge in [0.25, 0.3) is 0 Å². The van der Waals surface area contributed by atoms with Gasteiger partial charge >= 0.3 is 0 Å². The van der Waals surface area contributed by atoms with Crippen LogP contribution < -0.4 is 10.1 Å². The molecular formula is C19H23N5O5. The molecule has 4 N–H and O–H groups in total. The molecule has 3 aromatic rings. The summed E-state index contributed by atoms with van der Waals surface area (Å²) in [7, 11) is 1.62. The summed E-state index contributed by atoms with van der Waals surface area (Å²) >= 11 is 0. The lowest BCUT2D eigenvalue weighted by atomic mass is 9.96. The van der Waals surface area contributed by atoms with Gasteiger partial charge in [0.2, 0.25) is 0 Å². The minimum Gasteiger partial charge on any atom is -0.497 e. The summed E-state index contributed by atoms with van der Waals surface area (Å²) in [6.45, 7) is 1.54. The third-order valence-electron chi connectivity index (χ3n) is 5.14. The van der Waals surface area contributed by atoms with E-state index in [9.17, 15) is 15.3 Å². The van der Waals surface area contributed by atoms with Crippen molar-refractivity contribution in [2.75, 3.05) is 19.0 Å². The van der Waals surface area contributed by atoms with E-state index in [-0.39, 0.29) is 0 Å². The minimum absolute atomic E-state index is 0.414. The van der Waals surface area contributed by atoms with E-state index >= 15 is 0 Å². The Hall–Kier alpha value is -2.79. The summed E-state index contributed by atoms with van der Waals surface area (Å²) in [5.74, 6) is 1.28. The predicted molar refractivity (Wildman–Crippen MR) is 103 cm³/mol. The van der Waals surface area contributed by atoms with E-state index < -0.39 is 30.6 Å². The largest absolute Gasteiger partial charge is 0.497 e. The first-order valence-corrected chi connectivity index (χ1v) is 9.16. The number of imidazole rings is 1. The van der Waals surface area contributed by atoms with Crippen molar-refractivity contribution in [3.8, 4) is 5.75 Å². The molecule has 0 aliphatic carbocycles. The number of aliphatic hydroxyl groups is 3. The maximum absolute atomic E-state index is 10.7. The number of methoxy groups -OCH3 is 1.